The summed E-state index contributed by atoms with van der Waals surface area (Å²) in [6, 6.07) is 22.4. The lowest BCUT2D eigenvalue weighted by molar-refractivity contribution is 0.591. The fraction of sp³-hybridized carbons (Fsp3) is 0.290. The van der Waals surface area contributed by atoms with Gasteiger partial charge in [-0.1, -0.05) is 84.0 Å². The molecule has 166 valence electrons. The zero-order valence-corrected chi connectivity index (χ0v) is 20.5. The van der Waals surface area contributed by atoms with Crippen LogP contribution in [-0.2, 0) is 17.4 Å². The number of benzene rings is 4. The normalized spacial score (nSPS) is 13.2. The van der Waals surface area contributed by atoms with E-state index in [1.54, 1.807) is 0 Å². The smallest absolute Gasteiger partial charge is 0.0807 e. The predicted octanol–water partition coefficient (Wildman–Crippen LogP) is 8.19. The van der Waals surface area contributed by atoms with Gasteiger partial charge in [-0.15, -0.1) is 0 Å². The highest BCUT2D eigenvalue weighted by Gasteiger charge is 2.21. The van der Waals surface area contributed by atoms with Crippen molar-refractivity contribution in [1.29, 1.82) is 0 Å². The number of nitrogens with zero attached hydrogens (tertiary/aromatic N) is 2. The van der Waals surface area contributed by atoms with Gasteiger partial charge in [-0.05, 0) is 78.0 Å². The van der Waals surface area contributed by atoms with Crippen molar-refractivity contribution in [3.8, 4) is 0 Å². The summed E-state index contributed by atoms with van der Waals surface area (Å²) in [4.78, 5) is 9.18. The first-order chi connectivity index (χ1) is 15.6. The average Bonchev–Trinajstić information content (AvgIpc) is 2.76. The lowest BCUT2D eigenvalue weighted by Gasteiger charge is -2.24. The second-order valence-corrected chi connectivity index (χ2v) is 11.2. The molecule has 2 nitrogen and oxygen atoms in total. The molecule has 0 saturated carbocycles. The Hall–Kier alpha value is -3.26. The fourth-order valence-electron chi connectivity index (χ4n) is 4.68. The molecule has 33 heavy (non-hydrogen) atoms. The Labute approximate surface area is 196 Å². The third kappa shape index (κ3) is 3.99. The van der Waals surface area contributed by atoms with E-state index in [-0.39, 0.29) is 10.8 Å². The van der Waals surface area contributed by atoms with Crippen LogP contribution in [0.2, 0.25) is 0 Å². The number of aliphatic imine (C=N–C) groups is 1. The predicted molar refractivity (Wildman–Crippen MR) is 143 cm³/mol. The number of hydrogen-bond donors (Lipinski definition) is 0. The van der Waals surface area contributed by atoms with Gasteiger partial charge in [0.05, 0.1) is 12.2 Å². The maximum absolute atomic E-state index is 4.80. The van der Waals surface area contributed by atoms with Crippen LogP contribution in [0.3, 0.4) is 0 Å². The van der Waals surface area contributed by atoms with Crippen molar-refractivity contribution in [3.63, 3.8) is 0 Å². The number of rotatable bonds is 3. The van der Waals surface area contributed by atoms with Gasteiger partial charge in [0, 0.05) is 12.4 Å². The Kier molecular flexibility index (Phi) is 5.01. The lowest BCUT2D eigenvalue weighted by Crippen LogP contribution is -2.12. The second kappa shape index (κ2) is 7.66. The minimum absolute atomic E-state index is 0.0817. The van der Waals surface area contributed by atoms with Gasteiger partial charge in [0.2, 0.25) is 0 Å². The van der Waals surface area contributed by atoms with Crippen molar-refractivity contribution >= 4 is 38.5 Å². The number of aromatic nitrogens is 1. The van der Waals surface area contributed by atoms with E-state index < -0.39 is 0 Å². The molecule has 0 unspecified atom stereocenters. The number of hydrogen-bond acceptors (Lipinski definition) is 2. The summed E-state index contributed by atoms with van der Waals surface area (Å²) in [6.07, 6.45) is 3.69. The van der Waals surface area contributed by atoms with E-state index in [0.717, 1.165) is 5.69 Å². The van der Waals surface area contributed by atoms with Crippen LogP contribution in [0, 0.1) is 0 Å². The van der Waals surface area contributed by atoms with Crippen molar-refractivity contribution in [3.05, 3.63) is 89.2 Å². The third-order valence-corrected chi connectivity index (χ3v) is 6.64. The Morgan fingerprint density at radius 2 is 1.36 bits per heavy atom. The molecule has 0 amide bonds. The topological polar surface area (TPSA) is 25.2 Å². The Morgan fingerprint density at radius 3 is 2.00 bits per heavy atom. The van der Waals surface area contributed by atoms with E-state index in [1.807, 2.05) is 30.6 Å². The van der Waals surface area contributed by atoms with Crippen molar-refractivity contribution in [2.75, 3.05) is 0 Å². The SMILES string of the molecule is CC(C)(C)c1cc2ccc3cc(C(C)(C)C)cc4c(CN=Cc5ccccn5)cc(c1)c2c34. The van der Waals surface area contributed by atoms with Crippen molar-refractivity contribution in [2.45, 2.75) is 58.9 Å². The molecule has 0 aliphatic carbocycles. The molecule has 0 fully saturated rings. The molecule has 2 heteroatoms. The molecule has 0 aliphatic heterocycles. The van der Waals surface area contributed by atoms with Gasteiger partial charge in [0.1, 0.15) is 0 Å². The van der Waals surface area contributed by atoms with Gasteiger partial charge < -0.3 is 0 Å². The standard InChI is InChI=1S/C31H32N2/c1-30(2,3)24-14-20-10-11-21-15-25(31(4,5)6)17-27-23(13-22(16-24)28(20)29(21)27)18-32-19-26-9-7-8-12-33-26/h7-17,19H,18H2,1-6H3. The maximum Gasteiger partial charge on any atom is 0.0807 e. The first kappa shape index (κ1) is 21.6. The second-order valence-electron chi connectivity index (χ2n) is 11.2. The van der Waals surface area contributed by atoms with Gasteiger partial charge in [0.25, 0.3) is 0 Å². The summed E-state index contributed by atoms with van der Waals surface area (Å²) < 4.78 is 0. The molecule has 0 spiro atoms. The van der Waals surface area contributed by atoms with Crippen LogP contribution in [0.5, 0.6) is 0 Å². The van der Waals surface area contributed by atoms with Gasteiger partial charge in [-0.3, -0.25) is 9.98 Å². The van der Waals surface area contributed by atoms with Crippen LogP contribution >= 0.6 is 0 Å². The van der Waals surface area contributed by atoms with Gasteiger partial charge in [0.15, 0.2) is 0 Å². The van der Waals surface area contributed by atoms with Crippen molar-refractivity contribution < 1.29 is 0 Å². The summed E-state index contributed by atoms with van der Waals surface area (Å²) in [5, 5.41) is 7.99. The van der Waals surface area contributed by atoms with E-state index >= 15 is 0 Å². The summed E-state index contributed by atoms with van der Waals surface area (Å²) in [5.41, 5.74) is 5.06. The number of pyridine rings is 1. The molecule has 0 atom stereocenters. The third-order valence-electron chi connectivity index (χ3n) is 6.64. The molecular weight excluding hydrogens is 400 g/mol. The van der Waals surface area contributed by atoms with Crippen LogP contribution in [0.4, 0.5) is 0 Å². The van der Waals surface area contributed by atoms with E-state index in [2.05, 4.69) is 89.0 Å². The molecule has 5 aromatic rings. The molecular formula is C31H32N2. The molecule has 0 N–H and O–H groups in total. The maximum atomic E-state index is 4.80. The van der Waals surface area contributed by atoms with Crippen molar-refractivity contribution in [1.82, 2.24) is 4.98 Å². The van der Waals surface area contributed by atoms with E-state index in [9.17, 15) is 0 Å². The van der Waals surface area contributed by atoms with Gasteiger partial charge in [-0.25, -0.2) is 0 Å². The quantitative estimate of drug-likeness (QED) is 0.208. The minimum atomic E-state index is 0.0817. The van der Waals surface area contributed by atoms with E-state index in [0.29, 0.717) is 6.54 Å². The zero-order chi connectivity index (χ0) is 23.4. The van der Waals surface area contributed by atoms with E-state index in [4.69, 9.17) is 4.99 Å². The van der Waals surface area contributed by atoms with Crippen LogP contribution in [0.1, 0.15) is 63.9 Å². The molecule has 1 aromatic heterocycles. The molecule has 0 radical (unpaired) electrons. The Balaban J connectivity index is 1.78. The summed E-state index contributed by atoms with van der Waals surface area (Å²) in [6.45, 7) is 14.3. The average molecular weight is 433 g/mol. The Bertz CT molecular complexity index is 1480. The monoisotopic (exact) mass is 432 g/mol. The molecule has 5 rings (SSSR count). The summed E-state index contributed by atoms with van der Waals surface area (Å²) >= 11 is 0. The van der Waals surface area contributed by atoms with Crippen LogP contribution in [0.25, 0.3) is 32.3 Å². The highest BCUT2D eigenvalue weighted by molar-refractivity contribution is 6.24. The van der Waals surface area contributed by atoms with Gasteiger partial charge in [-0.2, -0.15) is 0 Å². The van der Waals surface area contributed by atoms with Crippen LogP contribution in [-0.4, -0.2) is 11.2 Å². The highest BCUT2D eigenvalue weighted by atomic mass is 14.7. The largest absolute Gasteiger partial charge is 0.286 e. The molecule has 4 aromatic carbocycles. The molecule has 1 heterocycles. The van der Waals surface area contributed by atoms with Gasteiger partial charge >= 0.3 is 0 Å². The molecule has 0 bridgehead atoms. The van der Waals surface area contributed by atoms with Crippen LogP contribution < -0.4 is 0 Å². The molecule has 0 saturated heterocycles. The fourth-order valence-corrected chi connectivity index (χ4v) is 4.68. The van der Waals surface area contributed by atoms with Crippen LogP contribution in [0.15, 0.2) is 71.9 Å². The van der Waals surface area contributed by atoms with E-state index in [1.165, 1.54) is 49.0 Å². The highest BCUT2D eigenvalue weighted by Crippen LogP contribution is 2.41. The molecule has 0 aliphatic rings. The zero-order valence-electron chi connectivity index (χ0n) is 20.5. The summed E-state index contributed by atoms with van der Waals surface area (Å²) in [5.74, 6) is 0. The van der Waals surface area contributed by atoms with Crippen molar-refractivity contribution in [2.24, 2.45) is 4.99 Å². The summed E-state index contributed by atoms with van der Waals surface area (Å²) in [7, 11) is 0. The Morgan fingerprint density at radius 1 is 0.727 bits per heavy atom. The first-order valence-corrected chi connectivity index (χ1v) is 11.8. The minimum Gasteiger partial charge on any atom is -0.286 e. The lowest BCUT2D eigenvalue weighted by atomic mass is 9.80. The first-order valence-electron chi connectivity index (χ1n) is 11.8.